The number of amides is 1. The minimum atomic E-state index is -3.89. The van der Waals surface area contributed by atoms with Crippen LogP contribution < -0.4 is 9.73 Å². The summed E-state index contributed by atoms with van der Waals surface area (Å²) in [6.07, 6.45) is 2.19. The highest BCUT2D eigenvalue weighted by Crippen LogP contribution is 2.20. The standard InChI is InChI=1S/C18H18FN3O5S/c1-27-18(24)14-9-7-13(8-10-14)11-20-21-17(23)12-22(28(2,25)26)16-6-4-3-5-15(16)19/h3-11H,12H2,1-2H3,(H,21,23)/b20-11-. The zero-order valence-electron chi connectivity index (χ0n) is 15.1. The summed E-state index contributed by atoms with van der Waals surface area (Å²) in [5, 5.41) is 3.73. The topological polar surface area (TPSA) is 105 Å². The van der Waals surface area contributed by atoms with Crippen LogP contribution in [0.2, 0.25) is 0 Å². The van der Waals surface area contributed by atoms with Gasteiger partial charge in [0.1, 0.15) is 12.4 Å². The Hall–Kier alpha value is -3.27. The SMILES string of the molecule is COC(=O)c1ccc(/C=N\NC(=O)CN(c2ccccc2F)S(C)(=O)=O)cc1. The Morgan fingerprint density at radius 2 is 1.82 bits per heavy atom. The third kappa shape index (κ3) is 5.61. The van der Waals surface area contributed by atoms with Crippen molar-refractivity contribution in [1.29, 1.82) is 0 Å². The molecule has 1 amide bonds. The molecule has 0 heterocycles. The molecule has 2 aromatic carbocycles. The van der Waals surface area contributed by atoms with Crippen molar-refractivity contribution in [3.63, 3.8) is 0 Å². The summed E-state index contributed by atoms with van der Waals surface area (Å²) in [5.74, 6) is -2.00. The average molecular weight is 407 g/mol. The molecule has 10 heteroatoms. The molecule has 28 heavy (non-hydrogen) atoms. The summed E-state index contributed by atoms with van der Waals surface area (Å²) in [5.41, 5.74) is 2.89. The van der Waals surface area contributed by atoms with Gasteiger partial charge in [-0.05, 0) is 29.8 Å². The molecule has 0 radical (unpaired) electrons. The monoisotopic (exact) mass is 407 g/mol. The fourth-order valence-electron chi connectivity index (χ4n) is 2.20. The van der Waals surface area contributed by atoms with Crippen LogP contribution in [0, 0.1) is 5.82 Å². The van der Waals surface area contributed by atoms with Crippen LogP contribution in [0.15, 0.2) is 53.6 Å². The average Bonchev–Trinajstić information content (AvgIpc) is 2.66. The number of nitrogens with one attached hydrogen (secondary N) is 1. The Morgan fingerprint density at radius 1 is 1.18 bits per heavy atom. The number of benzene rings is 2. The van der Waals surface area contributed by atoms with E-state index in [4.69, 9.17) is 0 Å². The second kappa shape index (κ2) is 9.09. The smallest absolute Gasteiger partial charge is 0.337 e. The Bertz CT molecular complexity index is 991. The second-order valence-electron chi connectivity index (χ2n) is 5.63. The number of rotatable bonds is 7. The van der Waals surface area contributed by atoms with Crippen molar-refractivity contribution >= 4 is 33.8 Å². The lowest BCUT2D eigenvalue weighted by atomic mass is 10.1. The van der Waals surface area contributed by atoms with Gasteiger partial charge in [-0.1, -0.05) is 24.3 Å². The van der Waals surface area contributed by atoms with E-state index in [9.17, 15) is 22.4 Å². The zero-order valence-corrected chi connectivity index (χ0v) is 15.9. The third-order valence-electron chi connectivity index (χ3n) is 3.54. The zero-order chi connectivity index (χ0) is 20.7. The Labute approximate surface area is 161 Å². The van der Waals surface area contributed by atoms with Gasteiger partial charge in [-0.15, -0.1) is 0 Å². The Balaban J connectivity index is 2.04. The van der Waals surface area contributed by atoms with Gasteiger partial charge < -0.3 is 4.74 Å². The van der Waals surface area contributed by atoms with E-state index in [0.717, 1.165) is 12.3 Å². The van der Waals surface area contributed by atoms with Crippen LogP contribution in [0.5, 0.6) is 0 Å². The van der Waals surface area contributed by atoms with Gasteiger partial charge in [0.05, 0.1) is 30.8 Å². The predicted molar refractivity (Wildman–Crippen MR) is 102 cm³/mol. The first-order valence-corrected chi connectivity index (χ1v) is 9.79. The van der Waals surface area contributed by atoms with Gasteiger partial charge in [0.25, 0.3) is 5.91 Å². The Morgan fingerprint density at radius 3 is 2.39 bits per heavy atom. The highest BCUT2D eigenvalue weighted by atomic mass is 32.2. The third-order valence-corrected chi connectivity index (χ3v) is 4.67. The molecule has 2 aromatic rings. The lowest BCUT2D eigenvalue weighted by molar-refractivity contribution is -0.119. The van der Waals surface area contributed by atoms with Crippen molar-refractivity contribution < 1.29 is 27.1 Å². The maximum atomic E-state index is 13.9. The number of para-hydroxylation sites is 1. The highest BCUT2D eigenvalue weighted by molar-refractivity contribution is 7.92. The van der Waals surface area contributed by atoms with Crippen molar-refractivity contribution in [3.05, 3.63) is 65.5 Å². The van der Waals surface area contributed by atoms with Crippen molar-refractivity contribution in [2.24, 2.45) is 5.10 Å². The van der Waals surface area contributed by atoms with Gasteiger partial charge >= 0.3 is 5.97 Å². The molecule has 0 aliphatic rings. The molecule has 0 bridgehead atoms. The quantitative estimate of drug-likeness (QED) is 0.426. The maximum Gasteiger partial charge on any atom is 0.337 e. The number of carbonyl (C=O) groups excluding carboxylic acids is 2. The van der Waals surface area contributed by atoms with E-state index in [1.807, 2.05) is 0 Å². The van der Waals surface area contributed by atoms with Gasteiger partial charge in [-0.2, -0.15) is 5.10 Å². The van der Waals surface area contributed by atoms with Crippen molar-refractivity contribution in [2.45, 2.75) is 0 Å². The van der Waals surface area contributed by atoms with Gasteiger partial charge in [-0.25, -0.2) is 23.0 Å². The molecule has 0 aliphatic carbocycles. The molecule has 148 valence electrons. The number of methoxy groups -OCH3 is 1. The predicted octanol–water partition coefficient (Wildman–Crippen LogP) is 1.53. The number of carbonyl (C=O) groups is 2. The molecule has 2 rings (SSSR count). The van der Waals surface area contributed by atoms with E-state index in [-0.39, 0.29) is 5.69 Å². The van der Waals surface area contributed by atoms with Crippen LogP contribution in [0.3, 0.4) is 0 Å². The van der Waals surface area contributed by atoms with E-state index in [2.05, 4.69) is 15.3 Å². The van der Waals surface area contributed by atoms with Crippen LogP contribution in [0.25, 0.3) is 0 Å². The van der Waals surface area contributed by atoms with Gasteiger partial charge in [0.2, 0.25) is 10.0 Å². The molecule has 0 saturated heterocycles. The first-order valence-electron chi connectivity index (χ1n) is 7.95. The summed E-state index contributed by atoms with van der Waals surface area (Å²) in [4.78, 5) is 23.4. The lowest BCUT2D eigenvalue weighted by Gasteiger charge is -2.21. The van der Waals surface area contributed by atoms with E-state index >= 15 is 0 Å². The number of ether oxygens (including phenoxy) is 1. The number of hydrogen-bond donors (Lipinski definition) is 1. The first kappa shape index (κ1) is 21.0. The highest BCUT2D eigenvalue weighted by Gasteiger charge is 2.23. The Kier molecular flexibility index (Phi) is 6.83. The molecule has 0 atom stereocenters. The van der Waals surface area contributed by atoms with Crippen LogP contribution in [-0.2, 0) is 19.6 Å². The van der Waals surface area contributed by atoms with E-state index in [1.54, 1.807) is 12.1 Å². The van der Waals surface area contributed by atoms with Gasteiger partial charge in [0, 0.05) is 0 Å². The minimum absolute atomic E-state index is 0.234. The number of hydrogen-bond acceptors (Lipinski definition) is 6. The molecule has 0 aromatic heterocycles. The summed E-state index contributed by atoms with van der Waals surface area (Å²) < 4.78 is 43.0. The molecule has 0 aliphatic heterocycles. The number of nitrogens with zero attached hydrogens (tertiary/aromatic N) is 2. The second-order valence-corrected chi connectivity index (χ2v) is 7.53. The molecule has 0 fully saturated rings. The van der Waals surface area contributed by atoms with Crippen LogP contribution >= 0.6 is 0 Å². The number of sulfonamides is 1. The summed E-state index contributed by atoms with van der Waals surface area (Å²) in [6, 6.07) is 11.5. The first-order chi connectivity index (χ1) is 13.2. The van der Waals surface area contributed by atoms with Crippen LogP contribution in [0.1, 0.15) is 15.9 Å². The normalized spacial score (nSPS) is 11.2. The van der Waals surface area contributed by atoms with Crippen molar-refractivity contribution in [2.75, 3.05) is 24.2 Å². The maximum absolute atomic E-state index is 13.9. The molecule has 8 nitrogen and oxygen atoms in total. The van der Waals surface area contributed by atoms with E-state index in [0.29, 0.717) is 15.4 Å². The van der Waals surface area contributed by atoms with Crippen LogP contribution in [0.4, 0.5) is 10.1 Å². The molecular weight excluding hydrogens is 389 g/mol. The van der Waals surface area contributed by atoms with Gasteiger partial charge in [0.15, 0.2) is 0 Å². The number of halogens is 1. The summed E-state index contributed by atoms with van der Waals surface area (Å²) in [6.45, 7) is -0.640. The van der Waals surface area contributed by atoms with Crippen LogP contribution in [-0.4, -0.2) is 46.4 Å². The fraction of sp³-hybridized carbons (Fsp3) is 0.167. The lowest BCUT2D eigenvalue weighted by Crippen LogP contribution is -2.39. The van der Waals surface area contributed by atoms with Gasteiger partial charge in [-0.3, -0.25) is 9.10 Å². The summed E-state index contributed by atoms with van der Waals surface area (Å²) >= 11 is 0. The minimum Gasteiger partial charge on any atom is -0.465 e. The van der Waals surface area contributed by atoms with Crippen molar-refractivity contribution in [3.8, 4) is 0 Å². The number of anilines is 1. The largest absolute Gasteiger partial charge is 0.465 e. The molecule has 0 unspecified atom stereocenters. The summed E-state index contributed by atoms with van der Waals surface area (Å²) in [7, 11) is -2.62. The van der Waals surface area contributed by atoms with E-state index < -0.39 is 34.3 Å². The molecular formula is C18H18FN3O5S. The fourth-order valence-corrected chi connectivity index (χ4v) is 3.06. The number of hydrazone groups is 1. The molecule has 0 saturated carbocycles. The number of esters is 1. The van der Waals surface area contributed by atoms with E-state index in [1.165, 1.54) is 43.7 Å². The van der Waals surface area contributed by atoms with Crippen molar-refractivity contribution in [1.82, 2.24) is 5.43 Å². The molecule has 1 N–H and O–H groups in total. The molecule has 0 spiro atoms.